The molecule has 4 saturated carbocycles. The molecule has 0 N–H and O–H groups in total. The molecule has 3 aromatic carbocycles. The maximum atomic E-state index is 6.63. The molecule has 49 heavy (non-hydrogen) atoms. The van der Waals surface area contributed by atoms with E-state index in [-0.39, 0.29) is 6.10 Å². The molecule has 0 aliphatic heterocycles. The fraction of sp³-hybridized carbons (Fsp3) is 0.500. The van der Waals surface area contributed by atoms with Crippen molar-refractivity contribution in [3.8, 4) is 0 Å². The molecule has 4 aliphatic rings. The van der Waals surface area contributed by atoms with Crippen LogP contribution < -0.4 is 0 Å². The van der Waals surface area contributed by atoms with Crippen LogP contribution in [-0.2, 0) is 16.2 Å². The third kappa shape index (κ3) is 6.58. The van der Waals surface area contributed by atoms with Gasteiger partial charge in [0.2, 0.25) is 0 Å². The van der Waals surface area contributed by atoms with Crippen molar-refractivity contribution in [2.45, 2.75) is 95.3 Å². The lowest BCUT2D eigenvalue weighted by molar-refractivity contribution is -0.142. The zero-order valence-electron chi connectivity index (χ0n) is 29.3. The zero-order chi connectivity index (χ0) is 33.3. The number of rotatable bonds is 10. The monoisotopic (exact) mass is 672 g/mol. The summed E-state index contributed by atoms with van der Waals surface area (Å²) in [4.78, 5) is 12.6. The number of benzene rings is 3. The number of hydrogen-bond donors (Lipinski definition) is 0. The predicted molar refractivity (Wildman–Crippen MR) is 202 cm³/mol. The molecule has 0 amide bonds. The number of fused-ring (bicyclic) bond motifs is 6. The van der Waals surface area contributed by atoms with E-state index in [9.17, 15) is 0 Å². The molecular formula is C44H52N2O2S. The van der Waals surface area contributed by atoms with Crippen molar-refractivity contribution >= 4 is 28.9 Å². The average molecular weight is 673 g/mol. The van der Waals surface area contributed by atoms with Crippen LogP contribution in [0.3, 0.4) is 0 Å². The second-order valence-corrected chi connectivity index (χ2v) is 17.1. The molecule has 0 unspecified atom stereocenters. The van der Waals surface area contributed by atoms with Gasteiger partial charge >= 0.3 is 0 Å². The quantitative estimate of drug-likeness (QED) is 0.0955. The van der Waals surface area contributed by atoms with Crippen LogP contribution in [0.1, 0.15) is 82.8 Å². The third-order valence-electron chi connectivity index (χ3n) is 13.7. The van der Waals surface area contributed by atoms with Gasteiger partial charge in [-0.25, -0.2) is 0 Å². The second kappa shape index (κ2) is 14.2. The standard InChI is InChI=1S/C44H52N2O2S/c1-43-24-22-35(47-29-31-11-5-3-6-12-31)27-34(43)18-19-37-38-20-21-40(44(38,2)25-23-39(37)43)41(30-49-36-16-7-4-8-17-36)48-46-28-33-14-9-13-32-15-10-26-45-42(32)33/h3-17,26,28,34-35,37-41H,18-25,27,29-30H2,1-2H3/b46-28+/t34-,35-,37-,38-,39-,40+,41+,43-,44-/m0/s1. The Labute approximate surface area is 297 Å². The highest BCUT2D eigenvalue weighted by Gasteiger charge is 2.61. The van der Waals surface area contributed by atoms with Crippen molar-refractivity contribution in [3.05, 3.63) is 108 Å². The van der Waals surface area contributed by atoms with Gasteiger partial charge in [0, 0.05) is 33.7 Å². The van der Waals surface area contributed by atoms with Gasteiger partial charge < -0.3 is 9.57 Å². The number of nitrogens with zero attached hydrogens (tertiary/aromatic N) is 2. The highest BCUT2D eigenvalue weighted by Crippen LogP contribution is 2.68. The first kappa shape index (κ1) is 33.0. The number of pyridine rings is 1. The summed E-state index contributed by atoms with van der Waals surface area (Å²) in [6.45, 7) is 6.06. The van der Waals surface area contributed by atoms with Gasteiger partial charge in [-0.3, -0.25) is 4.98 Å². The van der Waals surface area contributed by atoms with Gasteiger partial charge in [-0.05, 0) is 116 Å². The summed E-state index contributed by atoms with van der Waals surface area (Å²) in [5.74, 6) is 4.67. The Bertz CT molecular complexity index is 1730. The van der Waals surface area contributed by atoms with Gasteiger partial charge in [-0.15, -0.1) is 11.8 Å². The first-order valence-electron chi connectivity index (χ1n) is 18.9. The Hall–Kier alpha value is -3.15. The number of aromatic nitrogens is 1. The van der Waals surface area contributed by atoms with E-state index in [1.807, 2.05) is 30.2 Å². The lowest BCUT2D eigenvalue weighted by Crippen LogP contribution is -2.54. The van der Waals surface area contributed by atoms with Gasteiger partial charge in [-0.1, -0.05) is 91.8 Å². The van der Waals surface area contributed by atoms with Crippen molar-refractivity contribution in [3.63, 3.8) is 0 Å². The first-order valence-corrected chi connectivity index (χ1v) is 19.9. The summed E-state index contributed by atoms with van der Waals surface area (Å²) in [5.41, 5.74) is 4.01. The van der Waals surface area contributed by atoms with E-state index in [0.29, 0.717) is 22.9 Å². The minimum absolute atomic E-state index is 0.0695. The van der Waals surface area contributed by atoms with Gasteiger partial charge in [0.15, 0.2) is 0 Å². The average Bonchev–Trinajstić information content (AvgIpc) is 3.50. The molecule has 5 heteroatoms. The van der Waals surface area contributed by atoms with Crippen LogP contribution in [0.5, 0.6) is 0 Å². The van der Waals surface area contributed by atoms with Crippen LogP contribution in [0.25, 0.3) is 10.9 Å². The van der Waals surface area contributed by atoms with Crippen molar-refractivity contribution in [2.24, 2.45) is 45.6 Å². The first-order chi connectivity index (χ1) is 24.0. The van der Waals surface area contributed by atoms with Crippen molar-refractivity contribution < 1.29 is 9.57 Å². The van der Waals surface area contributed by atoms with Crippen molar-refractivity contribution in [1.82, 2.24) is 4.98 Å². The maximum absolute atomic E-state index is 6.63. The third-order valence-corrected chi connectivity index (χ3v) is 14.8. The zero-order valence-corrected chi connectivity index (χ0v) is 30.1. The van der Waals surface area contributed by atoms with Crippen LogP contribution in [0, 0.1) is 40.4 Å². The minimum Gasteiger partial charge on any atom is -0.391 e. The Balaban J connectivity index is 0.972. The summed E-state index contributed by atoms with van der Waals surface area (Å²) in [5, 5.41) is 5.84. The summed E-state index contributed by atoms with van der Waals surface area (Å²) < 4.78 is 6.53. The second-order valence-electron chi connectivity index (χ2n) is 16.0. The van der Waals surface area contributed by atoms with Gasteiger partial charge in [-0.2, -0.15) is 0 Å². The number of oxime groups is 1. The molecule has 256 valence electrons. The number of para-hydroxylation sites is 1. The fourth-order valence-electron chi connectivity index (χ4n) is 11.1. The Morgan fingerprint density at radius 1 is 0.816 bits per heavy atom. The normalized spacial score (nSPS) is 33.1. The molecule has 0 saturated heterocycles. The van der Waals surface area contributed by atoms with Crippen LogP contribution in [0.15, 0.2) is 107 Å². The van der Waals surface area contributed by atoms with Crippen LogP contribution in [-0.4, -0.2) is 29.2 Å². The summed E-state index contributed by atoms with van der Waals surface area (Å²) in [7, 11) is 0. The van der Waals surface area contributed by atoms with Crippen LogP contribution in [0.2, 0.25) is 0 Å². The largest absolute Gasteiger partial charge is 0.391 e. The molecule has 9 atom stereocenters. The summed E-state index contributed by atoms with van der Waals surface area (Å²) in [6.07, 6.45) is 16.0. The molecule has 8 rings (SSSR count). The summed E-state index contributed by atoms with van der Waals surface area (Å²) >= 11 is 1.92. The number of hydrogen-bond acceptors (Lipinski definition) is 5. The fourth-order valence-corrected chi connectivity index (χ4v) is 12.1. The van der Waals surface area contributed by atoms with Crippen LogP contribution in [0.4, 0.5) is 0 Å². The molecule has 4 aliphatic carbocycles. The van der Waals surface area contributed by atoms with Gasteiger partial charge in [0.05, 0.1) is 24.4 Å². The van der Waals surface area contributed by atoms with E-state index in [4.69, 9.17) is 14.7 Å². The lowest BCUT2D eigenvalue weighted by Gasteiger charge is -2.61. The Morgan fingerprint density at radius 3 is 2.45 bits per heavy atom. The molecule has 4 nitrogen and oxygen atoms in total. The highest BCUT2D eigenvalue weighted by atomic mass is 32.2. The number of ether oxygens (including phenoxy) is 1. The van der Waals surface area contributed by atoms with Crippen LogP contribution >= 0.6 is 11.8 Å². The molecule has 4 fully saturated rings. The van der Waals surface area contributed by atoms with E-state index in [1.165, 1.54) is 68.2 Å². The molecule has 1 heterocycles. The molecule has 0 spiro atoms. The highest BCUT2D eigenvalue weighted by molar-refractivity contribution is 7.99. The molecule has 4 aromatic rings. The Morgan fingerprint density at radius 2 is 1.59 bits per heavy atom. The maximum Gasteiger partial charge on any atom is 0.140 e. The summed E-state index contributed by atoms with van der Waals surface area (Å²) in [6, 6.07) is 31.9. The topological polar surface area (TPSA) is 43.7 Å². The SMILES string of the molecule is C[C@]12CC[C@H](OCc3ccccc3)C[C@@H]1CC[C@@H]1[C@@H]2CC[C@]2(C)[C@@H]([C@@H](CSc3ccccc3)O/N=C/c3cccc4cccnc34)CC[C@@H]12. The molecule has 0 radical (unpaired) electrons. The predicted octanol–water partition coefficient (Wildman–Crippen LogP) is 11.0. The van der Waals surface area contributed by atoms with E-state index < -0.39 is 0 Å². The van der Waals surface area contributed by atoms with E-state index in [0.717, 1.165) is 52.5 Å². The van der Waals surface area contributed by atoms with Crippen molar-refractivity contribution in [1.29, 1.82) is 0 Å². The van der Waals surface area contributed by atoms with Gasteiger partial charge in [0.1, 0.15) is 6.10 Å². The van der Waals surface area contributed by atoms with Gasteiger partial charge in [0.25, 0.3) is 0 Å². The smallest absolute Gasteiger partial charge is 0.140 e. The number of thioether (sulfide) groups is 1. The van der Waals surface area contributed by atoms with E-state index in [2.05, 4.69) is 104 Å². The minimum atomic E-state index is 0.0695. The molecular weight excluding hydrogens is 621 g/mol. The molecule has 1 aromatic heterocycles. The molecule has 0 bridgehead atoms. The van der Waals surface area contributed by atoms with E-state index >= 15 is 0 Å². The Kier molecular flexibility index (Phi) is 9.59. The van der Waals surface area contributed by atoms with Crippen molar-refractivity contribution in [2.75, 3.05) is 5.75 Å². The lowest BCUT2D eigenvalue weighted by atomic mass is 9.44. The van der Waals surface area contributed by atoms with E-state index in [1.54, 1.807) is 0 Å².